The average molecular weight is 207 g/mol. The molecule has 2 rings (SSSR count). The van der Waals surface area contributed by atoms with Crippen molar-refractivity contribution in [1.82, 2.24) is 15.2 Å². The summed E-state index contributed by atoms with van der Waals surface area (Å²) in [6, 6.07) is 4.40. The lowest BCUT2D eigenvalue weighted by Crippen LogP contribution is -2.33. The van der Waals surface area contributed by atoms with Crippen LogP contribution in [0.5, 0.6) is 0 Å². The van der Waals surface area contributed by atoms with E-state index in [-0.39, 0.29) is 5.91 Å². The topological polar surface area (TPSA) is 46.1 Å². The molecule has 82 valence electrons. The first kappa shape index (κ1) is 10.2. The zero-order valence-corrected chi connectivity index (χ0v) is 8.99. The van der Waals surface area contributed by atoms with Crippen molar-refractivity contribution in [3.8, 4) is 0 Å². The van der Waals surface area contributed by atoms with Gasteiger partial charge in [-0.3, -0.25) is 4.79 Å². The van der Waals surface area contributed by atoms with Gasteiger partial charge in [0.25, 0.3) is 5.91 Å². The van der Waals surface area contributed by atoms with Gasteiger partial charge in [0.1, 0.15) is 5.69 Å². The Hall–Kier alpha value is -1.29. The number of aryl methyl sites for hydroxylation is 1. The van der Waals surface area contributed by atoms with Gasteiger partial charge in [-0.15, -0.1) is 0 Å². The number of aromatic nitrogens is 1. The summed E-state index contributed by atoms with van der Waals surface area (Å²) in [6.45, 7) is 1.56. The summed E-state index contributed by atoms with van der Waals surface area (Å²) in [5.74, 6) is 0.0000898. The highest BCUT2D eigenvalue weighted by atomic mass is 16.1. The normalized spacial score (nSPS) is 15.3. The first-order chi connectivity index (χ1) is 7.27. The maximum atomic E-state index is 11.6. The number of hydrogen-bond donors (Lipinski definition) is 2. The van der Waals surface area contributed by atoms with Crippen molar-refractivity contribution in [1.29, 1.82) is 0 Å². The van der Waals surface area contributed by atoms with Crippen molar-refractivity contribution < 1.29 is 4.79 Å². The Kier molecular flexibility index (Phi) is 3.06. The van der Waals surface area contributed by atoms with Gasteiger partial charge in [-0.1, -0.05) is 0 Å². The Morgan fingerprint density at radius 3 is 2.93 bits per heavy atom. The molecule has 1 heterocycles. The second-order valence-electron chi connectivity index (χ2n) is 3.99. The predicted octanol–water partition coefficient (Wildman–Crippen LogP) is 0.507. The summed E-state index contributed by atoms with van der Waals surface area (Å²) in [4.78, 5) is 11.6. The lowest BCUT2D eigenvalue weighted by molar-refractivity contribution is 0.0946. The van der Waals surface area contributed by atoms with Crippen molar-refractivity contribution in [2.24, 2.45) is 7.05 Å². The number of carbonyl (C=O) groups is 1. The molecule has 1 fully saturated rings. The summed E-state index contributed by atoms with van der Waals surface area (Å²) >= 11 is 0. The Balaban J connectivity index is 1.69. The van der Waals surface area contributed by atoms with Crippen molar-refractivity contribution in [3.63, 3.8) is 0 Å². The molecule has 0 aromatic carbocycles. The predicted molar refractivity (Wildman–Crippen MR) is 58.8 cm³/mol. The number of nitrogens with zero attached hydrogens (tertiary/aromatic N) is 1. The second-order valence-corrected chi connectivity index (χ2v) is 3.99. The number of amides is 1. The molecule has 0 saturated heterocycles. The fourth-order valence-corrected chi connectivity index (χ4v) is 1.53. The van der Waals surface area contributed by atoms with Gasteiger partial charge in [-0.25, -0.2) is 0 Å². The highest BCUT2D eigenvalue weighted by molar-refractivity contribution is 5.92. The molecule has 1 aromatic heterocycles. The molecule has 0 radical (unpaired) electrons. The summed E-state index contributed by atoms with van der Waals surface area (Å²) in [6.07, 6.45) is 4.44. The maximum Gasteiger partial charge on any atom is 0.267 e. The molecule has 0 spiro atoms. The van der Waals surface area contributed by atoms with Crippen LogP contribution in [-0.2, 0) is 7.05 Å². The average Bonchev–Trinajstić information content (AvgIpc) is 2.94. The molecule has 1 saturated carbocycles. The molecule has 0 atom stereocenters. The minimum Gasteiger partial charge on any atom is -0.349 e. The molecule has 1 aliphatic carbocycles. The molecule has 0 bridgehead atoms. The Bertz CT molecular complexity index is 341. The number of carbonyl (C=O) groups excluding carboxylic acids is 1. The molecule has 1 aromatic rings. The third-order valence-corrected chi connectivity index (χ3v) is 2.60. The van der Waals surface area contributed by atoms with E-state index in [9.17, 15) is 4.79 Å². The van der Waals surface area contributed by atoms with E-state index in [0.717, 1.165) is 6.54 Å². The van der Waals surface area contributed by atoms with Gasteiger partial charge >= 0.3 is 0 Å². The molecule has 1 amide bonds. The molecular formula is C11H17N3O. The summed E-state index contributed by atoms with van der Waals surface area (Å²) in [5, 5.41) is 6.24. The highest BCUT2D eigenvalue weighted by Crippen LogP contribution is 2.17. The van der Waals surface area contributed by atoms with Crippen LogP contribution < -0.4 is 10.6 Å². The van der Waals surface area contributed by atoms with Crippen molar-refractivity contribution >= 4 is 5.91 Å². The third kappa shape index (κ3) is 2.83. The third-order valence-electron chi connectivity index (χ3n) is 2.60. The minimum absolute atomic E-state index is 0.0000898. The van der Waals surface area contributed by atoms with Gasteiger partial charge in [0.15, 0.2) is 0 Å². The van der Waals surface area contributed by atoms with Gasteiger partial charge in [-0.05, 0) is 25.0 Å². The van der Waals surface area contributed by atoms with Gasteiger partial charge in [0.2, 0.25) is 0 Å². The van der Waals surface area contributed by atoms with Gasteiger partial charge in [0, 0.05) is 32.4 Å². The Labute approximate surface area is 89.7 Å². The Morgan fingerprint density at radius 1 is 1.53 bits per heavy atom. The summed E-state index contributed by atoms with van der Waals surface area (Å²) in [7, 11) is 1.87. The Morgan fingerprint density at radius 2 is 2.33 bits per heavy atom. The van der Waals surface area contributed by atoms with Crippen LogP contribution in [0.25, 0.3) is 0 Å². The van der Waals surface area contributed by atoms with E-state index in [0.29, 0.717) is 18.3 Å². The van der Waals surface area contributed by atoms with Crippen LogP contribution in [0.15, 0.2) is 18.3 Å². The number of nitrogens with one attached hydrogen (secondary N) is 2. The van der Waals surface area contributed by atoms with Crippen molar-refractivity contribution in [2.45, 2.75) is 18.9 Å². The standard InChI is InChI=1S/C11H17N3O/c1-14-8-2-3-10(14)11(15)13-7-6-12-9-4-5-9/h2-3,8-9,12H,4-7H2,1H3,(H,13,15). The number of hydrogen-bond acceptors (Lipinski definition) is 2. The molecule has 15 heavy (non-hydrogen) atoms. The zero-order chi connectivity index (χ0) is 10.7. The highest BCUT2D eigenvalue weighted by Gasteiger charge is 2.19. The van der Waals surface area contributed by atoms with Crippen LogP contribution in [0.4, 0.5) is 0 Å². The van der Waals surface area contributed by atoms with Crippen LogP contribution in [0, 0.1) is 0 Å². The fraction of sp³-hybridized carbons (Fsp3) is 0.545. The molecule has 4 heteroatoms. The fourth-order valence-electron chi connectivity index (χ4n) is 1.53. The lowest BCUT2D eigenvalue weighted by atomic mass is 10.4. The molecule has 2 N–H and O–H groups in total. The molecule has 0 aliphatic heterocycles. The smallest absolute Gasteiger partial charge is 0.267 e. The zero-order valence-electron chi connectivity index (χ0n) is 8.99. The van der Waals surface area contributed by atoms with Gasteiger partial charge in [-0.2, -0.15) is 0 Å². The van der Waals surface area contributed by atoms with E-state index in [4.69, 9.17) is 0 Å². The SMILES string of the molecule is Cn1cccc1C(=O)NCCNC1CC1. The maximum absolute atomic E-state index is 11.6. The van der Waals surface area contributed by atoms with E-state index >= 15 is 0 Å². The second kappa shape index (κ2) is 4.49. The van der Waals surface area contributed by atoms with Crippen LogP contribution in [0.3, 0.4) is 0 Å². The van der Waals surface area contributed by atoms with Gasteiger partial charge in [0.05, 0.1) is 0 Å². The van der Waals surface area contributed by atoms with E-state index < -0.39 is 0 Å². The molecule has 4 nitrogen and oxygen atoms in total. The van der Waals surface area contributed by atoms with E-state index in [1.54, 1.807) is 0 Å². The summed E-state index contributed by atoms with van der Waals surface area (Å²) in [5.41, 5.74) is 0.710. The van der Waals surface area contributed by atoms with Crippen LogP contribution in [-0.4, -0.2) is 29.6 Å². The van der Waals surface area contributed by atoms with Crippen LogP contribution >= 0.6 is 0 Å². The van der Waals surface area contributed by atoms with Crippen molar-refractivity contribution in [3.05, 3.63) is 24.0 Å². The van der Waals surface area contributed by atoms with Crippen LogP contribution in [0.1, 0.15) is 23.3 Å². The summed E-state index contributed by atoms with van der Waals surface area (Å²) < 4.78 is 1.82. The van der Waals surface area contributed by atoms with E-state index in [1.807, 2.05) is 29.9 Å². The lowest BCUT2D eigenvalue weighted by Gasteiger charge is -2.06. The van der Waals surface area contributed by atoms with Crippen molar-refractivity contribution in [2.75, 3.05) is 13.1 Å². The minimum atomic E-state index is 0.0000898. The van der Waals surface area contributed by atoms with E-state index in [2.05, 4.69) is 10.6 Å². The van der Waals surface area contributed by atoms with E-state index in [1.165, 1.54) is 12.8 Å². The first-order valence-electron chi connectivity index (χ1n) is 5.40. The number of rotatable bonds is 5. The largest absolute Gasteiger partial charge is 0.349 e. The van der Waals surface area contributed by atoms with Gasteiger partial charge < -0.3 is 15.2 Å². The van der Waals surface area contributed by atoms with Crippen LogP contribution in [0.2, 0.25) is 0 Å². The quantitative estimate of drug-likeness (QED) is 0.691. The molecule has 0 unspecified atom stereocenters. The molecule has 1 aliphatic rings. The first-order valence-corrected chi connectivity index (χ1v) is 5.40. The molecular weight excluding hydrogens is 190 g/mol. The monoisotopic (exact) mass is 207 g/mol.